The number of nitrogen functional groups attached to an aromatic ring is 1. The molecule has 3 aromatic heterocycles. The smallest absolute Gasteiger partial charge is 0.478 e. The van der Waals surface area contributed by atoms with Crippen LogP contribution in [0.25, 0.3) is 11.2 Å². The number of fused-ring (bicyclic) bond motifs is 1. The Labute approximate surface area is 249 Å². The number of nitrogens with two attached hydrogens (primary N) is 2. The molecular formula is C20H26N8O15P2. The van der Waals surface area contributed by atoms with E-state index >= 15 is 0 Å². The van der Waals surface area contributed by atoms with E-state index in [1.807, 2.05) is 0 Å². The number of hydrogen-bond donors (Lipinski definition) is 8. The molecule has 25 heteroatoms. The zero-order chi connectivity index (χ0) is 32.8. The van der Waals surface area contributed by atoms with Crippen molar-refractivity contribution in [3.05, 3.63) is 40.4 Å². The average molecular weight is 680 g/mol. The number of hydrogen-bond acceptors (Lipinski definition) is 18. The minimum Gasteiger partial charge on any atom is -0.756 e. The Bertz CT molecular complexity index is 1740. The molecule has 1 amide bonds. The summed E-state index contributed by atoms with van der Waals surface area (Å²) in [6, 6.07) is 2.80. The molecule has 2 fully saturated rings. The molecule has 10 unspecified atom stereocenters. The Morgan fingerprint density at radius 1 is 1.11 bits per heavy atom. The quantitative estimate of drug-likeness (QED) is 0.0694. The van der Waals surface area contributed by atoms with Crippen LogP contribution in [0.3, 0.4) is 0 Å². The second-order valence-corrected chi connectivity index (χ2v) is 12.7. The first kappa shape index (κ1) is 33.1. The van der Waals surface area contributed by atoms with Crippen molar-refractivity contribution >= 4 is 38.7 Å². The van der Waals surface area contributed by atoms with E-state index in [2.05, 4.69) is 33.6 Å². The van der Waals surface area contributed by atoms with Crippen molar-refractivity contribution in [1.29, 1.82) is 0 Å². The Balaban J connectivity index is 1.17. The second-order valence-electron chi connectivity index (χ2n) is 9.74. The van der Waals surface area contributed by atoms with Crippen LogP contribution in [-0.4, -0.2) is 106 Å². The highest BCUT2D eigenvalue weighted by Crippen LogP contribution is 2.58. The number of rotatable bonds is 11. The van der Waals surface area contributed by atoms with E-state index in [9.17, 15) is 48.9 Å². The summed E-state index contributed by atoms with van der Waals surface area (Å²) in [4.78, 5) is 51.7. The molecule has 0 aromatic carbocycles. The van der Waals surface area contributed by atoms with E-state index < -0.39 is 89.4 Å². The van der Waals surface area contributed by atoms with Gasteiger partial charge in [-0.2, -0.15) is 14.2 Å². The number of carbonyl (C=O) groups is 1. The lowest BCUT2D eigenvalue weighted by molar-refractivity contribution is -0.765. The van der Waals surface area contributed by atoms with Gasteiger partial charge >= 0.3 is 7.82 Å². The van der Waals surface area contributed by atoms with Gasteiger partial charge < -0.3 is 55.7 Å². The summed E-state index contributed by atoms with van der Waals surface area (Å²) in [5.74, 6) is -1.10. The zero-order valence-electron chi connectivity index (χ0n) is 22.4. The predicted molar refractivity (Wildman–Crippen MR) is 138 cm³/mol. The zero-order valence-corrected chi connectivity index (χ0v) is 24.2. The SMILES string of the molecule is NC(=O)c1ccc[n+](C2OC(COP(=O)(O)OP(=O)([O-])OCC3OC(n4nnc5c(=O)[nH]c(N)nc54)C(O)C3O)C(O)C2O)c1. The Morgan fingerprint density at radius 2 is 1.78 bits per heavy atom. The third-order valence-electron chi connectivity index (χ3n) is 6.67. The molecule has 0 radical (unpaired) electrons. The number of primary amides is 1. The summed E-state index contributed by atoms with van der Waals surface area (Å²) in [7, 11) is -11.2. The number of nitrogens with one attached hydrogen (secondary N) is 1. The van der Waals surface area contributed by atoms with Gasteiger partial charge in [0.2, 0.25) is 5.95 Å². The van der Waals surface area contributed by atoms with Crippen LogP contribution in [0.5, 0.6) is 0 Å². The standard InChI is InChI=1S/C20H26N8O15P2/c21-15(33)7-2-1-3-27(4-7)18-13(31)11(29)8(41-18)5-39-44(35,36)43-45(37,38)40-6-9-12(30)14(32)19(42-9)28-16-10(25-26-28)17(34)24-20(22)23-16/h1-4,8-9,11-14,18-19,29-32H,5-6H2,(H6-,21,22,23,24,26,33,34,35,36,37,38). The highest BCUT2D eigenvalue weighted by Gasteiger charge is 2.50. The largest absolute Gasteiger partial charge is 0.756 e. The van der Waals surface area contributed by atoms with Gasteiger partial charge in [-0.25, -0.2) is 8.88 Å². The number of ether oxygens (including phenoxy) is 2. The molecule has 2 aliphatic rings. The third kappa shape index (κ3) is 6.95. The van der Waals surface area contributed by atoms with Crippen molar-refractivity contribution in [2.45, 2.75) is 49.1 Å². The molecular weight excluding hydrogens is 654 g/mol. The van der Waals surface area contributed by atoms with E-state index in [4.69, 9.17) is 20.9 Å². The van der Waals surface area contributed by atoms with Crippen LogP contribution in [-0.2, 0) is 32.0 Å². The Kier molecular flexibility index (Phi) is 9.19. The molecule has 0 aliphatic carbocycles. The highest BCUT2D eigenvalue weighted by atomic mass is 31.3. The highest BCUT2D eigenvalue weighted by molar-refractivity contribution is 7.60. The van der Waals surface area contributed by atoms with Crippen LogP contribution in [0.4, 0.5) is 5.95 Å². The summed E-state index contributed by atoms with van der Waals surface area (Å²) in [5, 5.41) is 48.7. The molecule has 0 spiro atoms. The predicted octanol–water partition coefficient (Wildman–Crippen LogP) is -4.96. The number of phosphoric acid groups is 2. The van der Waals surface area contributed by atoms with Crippen molar-refractivity contribution in [3.63, 3.8) is 0 Å². The number of phosphoric ester groups is 2. The number of amides is 1. The van der Waals surface area contributed by atoms with E-state index in [-0.39, 0.29) is 22.7 Å². The topological polar surface area (TPSA) is 354 Å². The van der Waals surface area contributed by atoms with Crippen LogP contribution in [0.1, 0.15) is 22.8 Å². The maximum Gasteiger partial charge on any atom is 0.478 e. The van der Waals surface area contributed by atoms with Crippen LogP contribution >= 0.6 is 15.6 Å². The molecule has 10 atom stereocenters. The van der Waals surface area contributed by atoms with Gasteiger partial charge in [0.1, 0.15) is 36.1 Å². The lowest BCUT2D eigenvalue weighted by atomic mass is 10.1. The lowest BCUT2D eigenvalue weighted by Gasteiger charge is -2.26. The molecule has 0 saturated carbocycles. The number of carbonyl (C=O) groups excluding carboxylic acids is 1. The molecule has 246 valence electrons. The van der Waals surface area contributed by atoms with Gasteiger partial charge in [-0.3, -0.25) is 23.7 Å². The first-order valence-corrected chi connectivity index (χ1v) is 15.6. The maximum absolute atomic E-state index is 12.4. The van der Waals surface area contributed by atoms with E-state index in [1.54, 1.807) is 0 Å². The number of aromatic nitrogens is 6. The summed E-state index contributed by atoms with van der Waals surface area (Å²) in [5.41, 5.74) is 9.54. The van der Waals surface area contributed by atoms with Crippen molar-refractivity contribution in [2.24, 2.45) is 5.73 Å². The monoisotopic (exact) mass is 680 g/mol. The minimum atomic E-state index is -5.68. The first-order chi connectivity index (χ1) is 21.1. The number of aromatic amines is 1. The fourth-order valence-electron chi connectivity index (χ4n) is 4.51. The Hall–Kier alpha value is -3.28. The molecule has 2 aliphatic heterocycles. The van der Waals surface area contributed by atoms with Crippen molar-refractivity contribution in [3.8, 4) is 0 Å². The first-order valence-electron chi connectivity index (χ1n) is 12.7. The van der Waals surface area contributed by atoms with Crippen molar-refractivity contribution in [1.82, 2.24) is 25.0 Å². The van der Waals surface area contributed by atoms with Crippen LogP contribution < -0.4 is 26.5 Å². The fraction of sp³-hybridized carbons (Fsp3) is 0.500. The van der Waals surface area contributed by atoms with Crippen molar-refractivity contribution in [2.75, 3.05) is 18.9 Å². The molecule has 0 bridgehead atoms. The van der Waals surface area contributed by atoms with Gasteiger partial charge in [-0.15, -0.1) is 5.10 Å². The summed E-state index contributed by atoms with van der Waals surface area (Å²) >= 11 is 0. The summed E-state index contributed by atoms with van der Waals surface area (Å²) in [6.45, 7) is -2.00. The van der Waals surface area contributed by atoms with Crippen molar-refractivity contribution < 1.29 is 71.5 Å². The normalized spacial score (nSPS) is 31.2. The van der Waals surface area contributed by atoms with E-state index in [0.717, 1.165) is 4.68 Å². The van der Waals surface area contributed by atoms with Crippen LogP contribution in [0, 0.1) is 0 Å². The van der Waals surface area contributed by atoms with Gasteiger partial charge in [0, 0.05) is 6.07 Å². The number of aliphatic hydroxyl groups is 4. The summed E-state index contributed by atoms with van der Waals surface area (Å²) in [6.07, 6.45) is -10.1. The molecule has 45 heavy (non-hydrogen) atoms. The van der Waals surface area contributed by atoms with Gasteiger partial charge in [0.15, 0.2) is 35.9 Å². The molecule has 3 aromatic rings. The molecule has 10 N–H and O–H groups in total. The van der Waals surface area contributed by atoms with Crippen LogP contribution in [0.15, 0.2) is 29.3 Å². The van der Waals surface area contributed by atoms with Crippen LogP contribution in [0.2, 0.25) is 0 Å². The molecule has 2 saturated heterocycles. The number of H-pyrrole nitrogens is 1. The minimum absolute atomic E-state index is 0.0493. The fourth-order valence-corrected chi connectivity index (χ4v) is 6.57. The average Bonchev–Trinajstić information content (AvgIpc) is 3.60. The van der Waals surface area contributed by atoms with Gasteiger partial charge in [-0.05, 0) is 6.07 Å². The van der Waals surface area contributed by atoms with Gasteiger partial charge in [0.25, 0.3) is 25.5 Å². The Morgan fingerprint density at radius 3 is 2.49 bits per heavy atom. The molecule has 23 nitrogen and oxygen atoms in total. The molecule has 5 rings (SSSR count). The van der Waals surface area contributed by atoms with E-state index in [0.29, 0.717) is 0 Å². The number of aliphatic hydroxyl groups excluding tert-OH is 4. The second kappa shape index (κ2) is 12.5. The number of nitrogens with zero attached hydrogens (tertiary/aromatic N) is 5. The lowest BCUT2D eigenvalue weighted by Crippen LogP contribution is -2.46. The van der Waals surface area contributed by atoms with Gasteiger partial charge in [-0.1, -0.05) is 5.21 Å². The van der Waals surface area contributed by atoms with E-state index in [1.165, 1.54) is 29.1 Å². The third-order valence-corrected chi connectivity index (χ3v) is 9.24. The van der Waals surface area contributed by atoms with Gasteiger partial charge in [0.05, 0.1) is 13.2 Å². The number of pyridine rings is 1. The number of anilines is 1. The maximum atomic E-state index is 12.4. The summed E-state index contributed by atoms with van der Waals surface area (Å²) < 4.78 is 50.9. The molecule has 5 heterocycles.